The molecule has 110 valence electrons. The van der Waals surface area contributed by atoms with Crippen molar-refractivity contribution in [3.63, 3.8) is 0 Å². The van der Waals surface area contributed by atoms with Gasteiger partial charge in [-0.3, -0.25) is 15.1 Å². The molecule has 7 heteroatoms. The fourth-order valence-corrected chi connectivity index (χ4v) is 1.99. The first-order valence-electron chi connectivity index (χ1n) is 6.09. The Morgan fingerprint density at radius 2 is 2.14 bits per heavy atom. The largest absolute Gasteiger partial charge is 0.493 e. The number of alkyl halides is 1. The van der Waals surface area contributed by atoms with E-state index >= 15 is 0 Å². The van der Waals surface area contributed by atoms with Gasteiger partial charge in [-0.05, 0) is 18.2 Å². The molecule has 6 nitrogen and oxygen atoms in total. The number of hydrogen-bond donors (Lipinski definition) is 0. The molecular formula is C14H13ClN2O4. The molecule has 0 aliphatic heterocycles. The first kappa shape index (κ1) is 15.1. The molecule has 0 saturated carbocycles. The highest BCUT2D eigenvalue weighted by Gasteiger charge is 2.19. The zero-order valence-corrected chi connectivity index (χ0v) is 12.0. The van der Waals surface area contributed by atoms with Crippen LogP contribution in [0.25, 0.3) is 0 Å². The van der Waals surface area contributed by atoms with E-state index in [0.717, 1.165) is 0 Å². The SMILES string of the molecule is COc1cc(CCl)c([N+](=O)[O-])cc1OCc1ccccn1. The molecule has 0 atom stereocenters. The van der Waals surface area contributed by atoms with E-state index in [1.54, 1.807) is 18.3 Å². The first-order chi connectivity index (χ1) is 10.2. The number of halogens is 1. The summed E-state index contributed by atoms with van der Waals surface area (Å²) in [7, 11) is 1.47. The van der Waals surface area contributed by atoms with Gasteiger partial charge >= 0.3 is 0 Å². The van der Waals surface area contributed by atoms with Crippen molar-refractivity contribution in [1.29, 1.82) is 0 Å². The van der Waals surface area contributed by atoms with Crippen LogP contribution in [0.5, 0.6) is 11.5 Å². The van der Waals surface area contributed by atoms with Crippen molar-refractivity contribution in [2.24, 2.45) is 0 Å². The number of rotatable bonds is 6. The van der Waals surface area contributed by atoms with Crippen LogP contribution in [-0.4, -0.2) is 17.0 Å². The maximum absolute atomic E-state index is 11.0. The normalized spacial score (nSPS) is 10.2. The lowest BCUT2D eigenvalue weighted by atomic mass is 10.2. The molecule has 0 N–H and O–H groups in total. The van der Waals surface area contributed by atoms with E-state index < -0.39 is 4.92 Å². The number of nitro benzene ring substituents is 1. The molecule has 21 heavy (non-hydrogen) atoms. The van der Waals surface area contributed by atoms with Crippen molar-refractivity contribution in [2.45, 2.75) is 12.5 Å². The Balaban J connectivity index is 2.29. The van der Waals surface area contributed by atoms with Gasteiger partial charge in [-0.2, -0.15) is 0 Å². The quantitative estimate of drug-likeness (QED) is 0.465. The number of hydrogen-bond acceptors (Lipinski definition) is 5. The fraction of sp³-hybridized carbons (Fsp3) is 0.214. The minimum Gasteiger partial charge on any atom is -0.493 e. The van der Waals surface area contributed by atoms with Crippen molar-refractivity contribution in [1.82, 2.24) is 4.98 Å². The summed E-state index contributed by atoms with van der Waals surface area (Å²) >= 11 is 5.72. The third kappa shape index (κ3) is 3.61. The highest BCUT2D eigenvalue weighted by atomic mass is 35.5. The Kier molecular flexibility index (Phi) is 4.94. The van der Waals surface area contributed by atoms with Gasteiger partial charge in [-0.15, -0.1) is 11.6 Å². The maximum Gasteiger partial charge on any atom is 0.277 e. The van der Waals surface area contributed by atoms with Gasteiger partial charge in [0.05, 0.1) is 29.7 Å². The van der Waals surface area contributed by atoms with Gasteiger partial charge in [0.25, 0.3) is 5.69 Å². The molecule has 0 fully saturated rings. The van der Waals surface area contributed by atoms with Crippen LogP contribution in [0.1, 0.15) is 11.3 Å². The summed E-state index contributed by atoms with van der Waals surface area (Å²) in [5.74, 6) is 0.698. The van der Waals surface area contributed by atoms with E-state index in [2.05, 4.69) is 4.98 Å². The van der Waals surface area contributed by atoms with Crippen LogP contribution in [0.4, 0.5) is 5.69 Å². The van der Waals surface area contributed by atoms with Crippen LogP contribution < -0.4 is 9.47 Å². The smallest absolute Gasteiger partial charge is 0.277 e. The highest BCUT2D eigenvalue weighted by molar-refractivity contribution is 6.17. The zero-order chi connectivity index (χ0) is 15.2. The number of nitrogens with zero attached hydrogens (tertiary/aromatic N) is 2. The molecule has 0 amide bonds. The summed E-state index contributed by atoms with van der Waals surface area (Å²) in [6.45, 7) is 0.189. The second-order valence-electron chi connectivity index (χ2n) is 4.13. The maximum atomic E-state index is 11.0. The molecule has 2 rings (SSSR count). The van der Waals surface area contributed by atoms with Crippen LogP contribution >= 0.6 is 11.6 Å². The number of pyridine rings is 1. The molecular weight excluding hydrogens is 296 g/mol. The van der Waals surface area contributed by atoms with Crippen molar-refractivity contribution in [3.05, 3.63) is 57.9 Å². The van der Waals surface area contributed by atoms with Gasteiger partial charge in [-0.25, -0.2) is 0 Å². The van der Waals surface area contributed by atoms with Gasteiger partial charge in [0.1, 0.15) is 6.61 Å². The molecule has 2 aromatic rings. The van der Waals surface area contributed by atoms with Gasteiger partial charge in [0, 0.05) is 11.8 Å². The van der Waals surface area contributed by atoms with Crippen LogP contribution in [0, 0.1) is 10.1 Å². The van der Waals surface area contributed by atoms with Crippen LogP contribution in [0.3, 0.4) is 0 Å². The van der Waals surface area contributed by atoms with Gasteiger partial charge in [-0.1, -0.05) is 6.07 Å². The molecule has 0 radical (unpaired) electrons. The number of nitro groups is 1. The summed E-state index contributed by atoms with van der Waals surface area (Å²) < 4.78 is 10.8. The number of aromatic nitrogens is 1. The predicted octanol–water partition coefficient (Wildman–Crippen LogP) is 3.32. The lowest BCUT2D eigenvalue weighted by molar-refractivity contribution is -0.385. The van der Waals surface area contributed by atoms with Crippen LogP contribution in [-0.2, 0) is 12.5 Å². The van der Waals surface area contributed by atoms with E-state index in [9.17, 15) is 10.1 Å². The molecule has 1 heterocycles. The highest BCUT2D eigenvalue weighted by Crippen LogP contribution is 2.35. The number of ether oxygens (including phenoxy) is 2. The van der Waals surface area contributed by atoms with Crippen molar-refractivity contribution in [2.75, 3.05) is 7.11 Å². The van der Waals surface area contributed by atoms with Crippen molar-refractivity contribution in [3.8, 4) is 11.5 Å². The van der Waals surface area contributed by atoms with Crippen LogP contribution in [0.15, 0.2) is 36.5 Å². The van der Waals surface area contributed by atoms with E-state index in [0.29, 0.717) is 17.0 Å². The summed E-state index contributed by atoms with van der Waals surface area (Å²) in [5, 5.41) is 11.0. The molecule has 0 bridgehead atoms. The van der Waals surface area contributed by atoms with Crippen LogP contribution in [0.2, 0.25) is 0 Å². The Bertz CT molecular complexity index is 634. The number of benzene rings is 1. The third-order valence-electron chi connectivity index (χ3n) is 2.81. The van der Waals surface area contributed by atoms with E-state index in [1.807, 2.05) is 6.07 Å². The van der Waals surface area contributed by atoms with E-state index in [-0.39, 0.29) is 23.9 Å². The summed E-state index contributed by atoms with van der Waals surface area (Å²) in [6, 6.07) is 8.26. The summed E-state index contributed by atoms with van der Waals surface area (Å²) in [4.78, 5) is 14.7. The van der Waals surface area contributed by atoms with Gasteiger partial charge in [0.15, 0.2) is 11.5 Å². The average molecular weight is 309 g/mol. The second kappa shape index (κ2) is 6.90. The average Bonchev–Trinajstić information content (AvgIpc) is 2.52. The Labute approximate surface area is 126 Å². The fourth-order valence-electron chi connectivity index (χ4n) is 1.78. The standard InChI is InChI=1S/C14H13ClN2O4/c1-20-13-6-10(8-15)12(17(18)19)7-14(13)21-9-11-4-2-3-5-16-11/h2-7H,8-9H2,1H3. The molecule has 1 aromatic carbocycles. The minimum absolute atomic E-state index is 0.0210. The predicted molar refractivity (Wildman–Crippen MR) is 77.8 cm³/mol. The van der Waals surface area contributed by atoms with Crippen molar-refractivity contribution < 1.29 is 14.4 Å². The molecule has 0 aliphatic carbocycles. The topological polar surface area (TPSA) is 74.5 Å². The summed E-state index contributed by atoms with van der Waals surface area (Å²) in [6.07, 6.45) is 1.65. The van der Waals surface area contributed by atoms with Crippen molar-refractivity contribution >= 4 is 17.3 Å². The Hall–Kier alpha value is -2.34. The number of methoxy groups -OCH3 is 1. The second-order valence-corrected chi connectivity index (χ2v) is 4.40. The Morgan fingerprint density at radius 3 is 2.71 bits per heavy atom. The molecule has 1 aromatic heterocycles. The minimum atomic E-state index is -0.495. The summed E-state index contributed by atoms with van der Waals surface area (Å²) in [5.41, 5.74) is 0.995. The Morgan fingerprint density at radius 1 is 1.33 bits per heavy atom. The molecule has 0 saturated heterocycles. The van der Waals surface area contributed by atoms with Gasteiger partial charge in [0.2, 0.25) is 0 Å². The monoisotopic (exact) mass is 308 g/mol. The zero-order valence-electron chi connectivity index (χ0n) is 11.3. The molecule has 0 unspecified atom stereocenters. The lowest BCUT2D eigenvalue weighted by Crippen LogP contribution is -2.02. The molecule has 0 spiro atoms. The van der Waals surface area contributed by atoms with Gasteiger partial charge < -0.3 is 9.47 Å². The molecule has 0 aliphatic rings. The lowest BCUT2D eigenvalue weighted by Gasteiger charge is -2.11. The first-order valence-corrected chi connectivity index (χ1v) is 6.63. The third-order valence-corrected chi connectivity index (χ3v) is 3.10. The van der Waals surface area contributed by atoms with E-state index in [4.69, 9.17) is 21.1 Å². The van der Waals surface area contributed by atoms with E-state index in [1.165, 1.54) is 19.2 Å².